The SMILES string of the molecule is Cc1cc2cc(NC(=O)Nc3ccc4[nH]c(C)cc4c3)ccc2[nH]1. The number of carbonyl (C=O) groups is 1. The van der Waals surface area contributed by atoms with E-state index in [-0.39, 0.29) is 6.03 Å². The molecule has 2 amide bonds. The number of hydrogen-bond donors (Lipinski definition) is 4. The second-order valence-corrected chi connectivity index (χ2v) is 6.09. The molecular formula is C19H18N4O. The third-order valence-corrected chi connectivity index (χ3v) is 4.03. The molecular weight excluding hydrogens is 300 g/mol. The van der Waals surface area contributed by atoms with E-state index in [1.54, 1.807) is 0 Å². The Morgan fingerprint density at radius 3 is 1.67 bits per heavy atom. The number of fused-ring (bicyclic) bond motifs is 2. The second-order valence-electron chi connectivity index (χ2n) is 6.09. The molecule has 0 bridgehead atoms. The summed E-state index contributed by atoms with van der Waals surface area (Å²) < 4.78 is 0. The molecule has 4 N–H and O–H groups in total. The Morgan fingerprint density at radius 1 is 0.750 bits per heavy atom. The van der Waals surface area contributed by atoms with Gasteiger partial charge >= 0.3 is 6.03 Å². The number of amides is 2. The Kier molecular flexibility index (Phi) is 3.27. The van der Waals surface area contributed by atoms with Crippen LogP contribution in [-0.4, -0.2) is 16.0 Å². The molecule has 5 nitrogen and oxygen atoms in total. The monoisotopic (exact) mass is 318 g/mol. The zero-order chi connectivity index (χ0) is 16.7. The first-order valence-corrected chi connectivity index (χ1v) is 7.83. The van der Waals surface area contributed by atoms with Gasteiger partial charge in [-0.3, -0.25) is 0 Å². The van der Waals surface area contributed by atoms with Crippen LogP contribution in [0, 0.1) is 13.8 Å². The van der Waals surface area contributed by atoms with Crippen LogP contribution in [0.25, 0.3) is 21.8 Å². The van der Waals surface area contributed by atoms with Crippen LogP contribution < -0.4 is 10.6 Å². The summed E-state index contributed by atoms with van der Waals surface area (Å²) >= 11 is 0. The van der Waals surface area contributed by atoms with Crippen LogP contribution in [0.15, 0.2) is 48.5 Å². The molecule has 2 aromatic heterocycles. The van der Waals surface area contributed by atoms with Crippen LogP contribution in [0.2, 0.25) is 0 Å². The fourth-order valence-electron chi connectivity index (χ4n) is 3.00. The van der Waals surface area contributed by atoms with Gasteiger partial charge < -0.3 is 20.6 Å². The summed E-state index contributed by atoms with van der Waals surface area (Å²) in [7, 11) is 0. The first-order chi connectivity index (χ1) is 11.6. The number of urea groups is 1. The molecule has 0 fully saturated rings. The summed E-state index contributed by atoms with van der Waals surface area (Å²) in [4.78, 5) is 18.8. The van der Waals surface area contributed by atoms with Gasteiger partial charge in [-0.1, -0.05) is 0 Å². The maximum atomic E-state index is 12.2. The topological polar surface area (TPSA) is 72.7 Å². The van der Waals surface area contributed by atoms with Gasteiger partial charge in [0.1, 0.15) is 0 Å². The quantitative estimate of drug-likeness (QED) is 0.416. The Hall–Kier alpha value is -3.21. The maximum Gasteiger partial charge on any atom is 0.323 e. The van der Waals surface area contributed by atoms with E-state index in [1.807, 2.05) is 50.2 Å². The van der Waals surface area contributed by atoms with E-state index in [0.717, 1.165) is 44.6 Å². The number of aryl methyl sites for hydroxylation is 2. The standard InChI is InChI=1S/C19H18N4O/c1-11-7-13-9-15(3-5-17(13)20-11)22-19(24)23-16-4-6-18-14(10-16)8-12(2)21-18/h3-10,20-21H,1-2H3,(H2,22,23,24). The Morgan fingerprint density at radius 2 is 1.21 bits per heavy atom. The summed E-state index contributed by atoms with van der Waals surface area (Å²) in [5.41, 5.74) is 5.84. The summed E-state index contributed by atoms with van der Waals surface area (Å²) in [6, 6.07) is 15.5. The van der Waals surface area contributed by atoms with Crippen LogP contribution in [-0.2, 0) is 0 Å². The average molecular weight is 318 g/mol. The van der Waals surface area contributed by atoms with Crippen LogP contribution in [0.3, 0.4) is 0 Å². The number of rotatable bonds is 2. The van der Waals surface area contributed by atoms with Gasteiger partial charge in [-0.2, -0.15) is 0 Å². The summed E-state index contributed by atoms with van der Waals surface area (Å²) in [6.07, 6.45) is 0. The van der Waals surface area contributed by atoms with Crippen molar-refractivity contribution in [1.29, 1.82) is 0 Å². The van der Waals surface area contributed by atoms with Gasteiger partial charge in [-0.15, -0.1) is 0 Å². The van der Waals surface area contributed by atoms with Crippen LogP contribution in [0.5, 0.6) is 0 Å². The molecule has 5 heteroatoms. The van der Waals surface area contributed by atoms with Crippen molar-refractivity contribution in [3.63, 3.8) is 0 Å². The molecule has 0 aliphatic heterocycles. The lowest BCUT2D eigenvalue weighted by Gasteiger charge is -2.08. The lowest BCUT2D eigenvalue weighted by atomic mass is 10.2. The zero-order valence-electron chi connectivity index (χ0n) is 13.5. The summed E-state index contributed by atoms with van der Waals surface area (Å²) in [5, 5.41) is 7.90. The van der Waals surface area contributed by atoms with Crippen LogP contribution in [0.4, 0.5) is 16.2 Å². The first-order valence-electron chi connectivity index (χ1n) is 7.83. The second kappa shape index (κ2) is 5.45. The van der Waals surface area contributed by atoms with Gasteiger partial charge in [0, 0.05) is 44.6 Å². The lowest BCUT2D eigenvalue weighted by molar-refractivity contribution is 0.262. The van der Waals surface area contributed by atoms with Gasteiger partial charge in [0.05, 0.1) is 0 Å². The third-order valence-electron chi connectivity index (χ3n) is 4.03. The Balaban J connectivity index is 1.51. The van der Waals surface area contributed by atoms with Crippen molar-refractivity contribution in [3.8, 4) is 0 Å². The smallest absolute Gasteiger partial charge is 0.323 e. The van der Waals surface area contributed by atoms with E-state index >= 15 is 0 Å². The minimum absolute atomic E-state index is 0.256. The highest BCUT2D eigenvalue weighted by atomic mass is 16.2. The molecule has 0 saturated heterocycles. The van der Waals surface area contributed by atoms with E-state index < -0.39 is 0 Å². The first kappa shape index (κ1) is 14.4. The molecule has 2 aromatic carbocycles. The van der Waals surface area contributed by atoms with Gasteiger partial charge in [0.2, 0.25) is 0 Å². The Labute approximate surface area is 139 Å². The predicted molar refractivity (Wildman–Crippen MR) is 98.7 cm³/mol. The number of aromatic nitrogens is 2. The van der Waals surface area contributed by atoms with Crippen molar-refractivity contribution in [1.82, 2.24) is 9.97 Å². The fraction of sp³-hybridized carbons (Fsp3) is 0.105. The van der Waals surface area contributed by atoms with E-state index in [2.05, 4.69) is 32.7 Å². The maximum absolute atomic E-state index is 12.2. The highest BCUT2D eigenvalue weighted by molar-refractivity contribution is 6.02. The average Bonchev–Trinajstić information content (AvgIpc) is 3.06. The molecule has 2 heterocycles. The van der Waals surface area contributed by atoms with Crippen LogP contribution >= 0.6 is 0 Å². The largest absolute Gasteiger partial charge is 0.359 e. The predicted octanol–water partition coefficient (Wildman–Crippen LogP) is 4.91. The summed E-state index contributed by atoms with van der Waals surface area (Å²) in [6.45, 7) is 4.03. The van der Waals surface area contributed by atoms with Gasteiger partial charge in [-0.05, 0) is 62.4 Å². The molecule has 120 valence electrons. The van der Waals surface area contributed by atoms with Crippen molar-refractivity contribution in [2.45, 2.75) is 13.8 Å². The summed E-state index contributed by atoms with van der Waals surface area (Å²) in [5.74, 6) is 0. The number of nitrogens with one attached hydrogen (secondary N) is 4. The number of aromatic amines is 2. The molecule has 4 aromatic rings. The van der Waals surface area contributed by atoms with Crippen molar-refractivity contribution < 1.29 is 4.79 Å². The molecule has 0 unspecified atom stereocenters. The molecule has 0 saturated carbocycles. The number of H-pyrrole nitrogens is 2. The molecule has 0 atom stereocenters. The van der Waals surface area contributed by atoms with Crippen LogP contribution in [0.1, 0.15) is 11.4 Å². The molecule has 24 heavy (non-hydrogen) atoms. The molecule has 0 aliphatic rings. The Bertz CT molecular complexity index is 974. The minimum atomic E-state index is -0.256. The van der Waals surface area contributed by atoms with E-state index in [1.165, 1.54) is 0 Å². The number of anilines is 2. The van der Waals surface area contributed by atoms with E-state index in [4.69, 9.17) is 0 Å². The third kappa shape index (κ3) is 2.72. The molecule has 0 aliphatic carbocycles. The highest BCUT2D eigenvalue weighted by Crippen LogP contribution is 2.22. The normalized spacial score (nSPS) is 11.1. The van der Waals surface area contributed by atoms with Gasteiger partial charge in [0.15, 0.2) is 0 Å². The van der Waals surface area contributed by atoms with E-state index in [9.17, 15) is 4.79 Å². The highest BCUT2D eigenvalue weighted by Gasteiger charge is 2.06. The fourth-order valence-corrected chi connectivity index (χ4v) is 3.00. The minimum Gasteiger partial charge on any atom is -0.359 e. The molecule has 4 rings (SSSR count). The lowest BCUT2D eigenvalue weighted by Crippen LogP contribution is -2.19. The van der Waals surface area contributed by atoms with Crippen molar-refractivity contribution in [3.05, 3.63) is 59.9 Å². The van der Waals surface area contributed by atoms with Gasteiger partial charge in [-0.25, -0.2) is 4.79 Å². The zero-order valence-corrected chi connectivity index (χ0v) is 13.5. The number of carbonyl (C=O) groups excluding carboxylic acids is 1. The van der Waals surface area contributed by atoms with Crippen molar-refractivity contribution in [2.24, 2.45) is 0 Å². The number of hydrogen-bond acceptors (Lipinski definition) is 1. The van der Waals surface area contributed by atoms with E-state index in [0.29, 0.717) is 0 Å². The molecule has 0 spiro atoms. The van der Waals surface area contributed by atoms with Gasteiger partial charge in [0.25, 0.3) is 0 Å². The van der Waals surface area contributed by atoms with Crippen molar-refractivity contribution >= 4 is 39.2 Å². The number of benzene rings is 2. The molecule has 0 radical (unpaired) electrons. The van der Waals surface area contributed by atoms with Crippen molar-refractivity contribution in [2.75, 3.05) is 10.6 Å².